The van der Waals surface area contributed by atoms with Crippen LogP contribution >= 0.6 is 0 Å². The molecule has 0 amide bonds. The molecule has 1 atom stereocenters. The summed E-state index contributed by atoms with van der Waals surface area (Å²) in [6, 6.07) is 0.779. The third kappa shape index (κ3) is 7.23. The maximum absolute atomic E-state index is 11.7. The van der Waals surface area contributed by atoms with E-state index in [1.54, 1.807) is 5.57 Å². The molecular weight excluding hydrogens is 263 g/mol. The van der Waals surface area contributed by atoms with E-state index >= 15 is 0 Å². The first kappa shape index (κ1) is 20.3. The van der Waals surface area contributed by atoms with E-state index in [1.807, 2.05) is 20.9 Å². The van der Waals surface area contributed by atoms with Gasteiger partial charge in [0.15, 0.2) is 0 Å². The molecule has 2 fully saturated rings. The van der Waals surface area contributed by atoms with Gasteiger partial charge in [-0.05, 0) is 45.4 Å². The lowest BCUT2D eigenvalue weighted by atomic mass is 10.0. The topological polar surface area (TPSA) is 6.48 Å². The van der Waals surface area contributed by atoms with E-state index in [0.717, 1.165) is 43.4 Å². The fourth-order valence-corrected chi connectivity index (χ4v) is 2.81. The molecular formula is C18H35FN2. The maximum Gasteiger partial charge on any atom is 0.0872 e. The van der Waals surface area contributed by atoms with Crippen LogP contribution in [0.5, 0.6) is 0 Å². The van der Waals surface area contributed by atoms with Crippen molar-refractivity contribution >= 4 is 0 Å². The van der Waals surface area contributed by atoms with Crippen molar-refractivity contribution in [1.29, 1.82) is 0 Å². The molecule has 1 unspecified atom stereocenters. The highest BCUT2D eigenvalue weighted by atomic mass is 19.1. The minimum atomic E-state index is 0.726. The van der Waals surface area contributed by atoms with Crippen LogP contribution in [0.4, 0.5) is 4.39 Å². The van der Waals surface area contributed by atoms with Crippen molar-refractivity contribution < 1.29 is 4.39 Å². The Morgan fingerprint density at radius 3 is 2.00 bits per heavy atom. The smallest absolute Gasteiger partial charge is 0.0872 e. The number of likely N-dealkylation sites (N-methyl/N-ethyl adjacent to an activating group) is 2. The van der Waals surface area contributed by atoms with Gasteiger partial charge in [-0.3, -0.25) is 4.90 Å². The summed E-state index contributed by atoms with van der Waals surface area (Å²) in [5, 5.41) is 0. The molecule has 124 valence electrons. The predicted molar refractivity (Wildman–Crippen MR) is 92.3 cm³/mol. The van der Waals surface area contributed by atoms with Crippen molar-refractivity contribution in [2.75, 3.05) is 33.7 Å². The van der Waals surface area contributed by atoms with Gasteiger partial charge in [0.05, 0.1) is 6.33 Å². The fraction of sp³-hybridized carbons (Fsp3) is 0.778. The minimum Gasteiger partial charge on any atom is -0.302 e. The van der Waals surface area contributed by atoms with Gasteiger partial charge in [-0.25, -0.2) is 4.39 Å². The zero-order chi connectivity index (χ0) is 16.4. The fourth-order valence-electron chi connectivity index (χ4n) is 2.81. The van der Waals surface area contributed by atoms with Crippen LogP contribution < -0.4 is 0 Å². The maximum atomic E-state index is 11.7. The summed E-state index contributed by atoms with van der Waals surface area (Å²) >= 11 is 0. The Hall–Kier alpha value is -0.670. The molecule has 2 aliphatic heterocycles. The molecule has 0 bridgehead atoms. The Morgan fingerprint density at radius 2 is 1.76 bits per heavy atom. The molecule has 0 aliphatic carbocycles. The second kappa shape index (κ2) is 11.0. The first-order valence-corrected chi connectivity index (χ1v) is 8.28. The van der Waals surface area contributed by atoms with E-state index in [-0.39, 0.29) is 0 Å². The first-order chi connectivity index (χ1) is 9.97. The molecule has 0 aromatic heterocycles. The molecule has 0 spiro atoms. The summed E-state index contributed by atoms with van der Waals surface area (Å²) in [6.45, 7) is 13.8. The molecule has 21 heavy (non-hydrogen) atoms. The highest BCUT2D eigenvalue weighted by Gasteiger charge is 2.26. The van der Waals surface area contributed by atoms with Crippen molar-refractivity contribution in [1.82, 2.24) is 9.80 Å². The van der Waals surface area contributed by atoms with Crippen LogP contribution in [0.25, 0.3) is 0 Å². The van der Waals surface area contributed by atoms with E-state index in [1.165, 1.54) is 13.0 Å². The first-order valence-electron chi connectivity index (χ1n) is 8.28. The van der Waals surface area contributed by atoms with E-state index in [2.05, 4.69) is 43.7 Å². The zero-order valence-corrected chi connectivity index (χ0v) is 15.1. The number of likely N-dealkylation sites (tertiary alicyclic amines) is 2. The molecule has 0 aromatic rings. The summed E-state index contributed by atoms with van der Waals surface area (Å²) in [5.41, 5.74) is 2.53. The number of rotatable bonds is 1. The Kier molecular flexibility index (Phi) is 10.6. The lowest BCUT2D eigenvalue weighted by Gasteiger charge is -2.22. The van der Waals surface area contributed by atoms with E-state index in [9.17, 15) is 4.39 Å². The highest BCUT2D eigenvalue weighted by Crippen LogP contribution is 2.25. The molecule has 2 saturated heterocycles. The molecule has 0 radical (unpaired) electrons. The van der Waals surface area contributed by atoms with Crippen LogP contribution in [0.15, 0.2) is 23.6 Å². The number of hydrogen-bond acceptors (Lipinski definition) is 2. The molecule has 2 heterocycles. The number of allylic oxidation sites excluding steroid dienone is 1. The van der Waals surface area contributed by atoms with E-state index < -0.39 is 0 Å². The second-order valence-electron chi connectivity index (χ2n) is 6.13. The van der Waals surface area contributed by atoms with Gasteiger partial charge in [0, 0.05) is 25.7 Å². The summed E-state index contributed by atoms with van der Waals surface area (Å²) in [5.74, 6) is 0.789. The standard InChI is InChI=1S/C10H19N.C6H10FN.C2H6/c1-5-9-6-10(8(2)3)11(4)7-9;1-8-3-2-6(4-7)5-8;1-2/h5,8,10H,6-7H2,1-4H3;4H,2-3,5H2,1H3;1-2H3/b9-5+;6-4-;. The van der Waals surface area contributed by atoms with E-state index in [0.29, 0.717) is 0 Å². The minimum absolute atomic E-state index is 0.726. The van der Waals surface area contributed by atoms with Crippen molar-refractivity contribution in [3.63, 3.8) is 0 Å². The van der Waals surface area contributed by atoms with Crippen molar-refractivity contribution in [3.8, 4) is 0 Å². The van der Waals surface area contributed by atoms with Crippen LogP contribution in [0, 0.1) is 5.92 Å². The molecule has 0 aromatic carbocycles. The lowest BCUT2D eigenvalue weighted by Crippen LogP contribution is -2.29. The molecule has 2 rings (SSSR count). The third-order valence-electron chi connectivity index (χ3n) is 4.11. The second-order valence-corrected chi connectivity index (χ2v) is 6.13. The van der Waals surface area contributed by atoms with E-state index in [4.69, 9.17) is 0 Å². The average Bonchev–Trinajstić information content (AvgIpc) is 3.07. The molecule has 0 saturated carbocycles. The van der Waals surface area contributed by atoms with Crippen molar-refractivity contribution in [2.24, 2.45) is 5.92 Å². The quantitative estimate of drug-likeness (QED) is 0.658. The predicted octanol–water partition coefficient (Wildman–Crippen LogP) is 4.49. The summed E-state index contributed by atoms with van der Waals surface area (Å²) in [7, 11) is 4.22. The van der Waals surface area contributed by atoms with Crippen molar-refractivity contribution in [3.05, 3.63) is 23.6 Å². The number of halogens is 1. The van der Waals surface area contributed by atoms with Gasteiger partial charge in [0.2, 0.25) is 0 Å². The lowest BCUT2D eigenvalue weighted by molar-refractivity contribution is 0.250. The Balaban J connectivity index is 0.000000354. The third-order valence-corrected chi connectivity index (χ3v) is 4.11. The molecule has 2 nitrogen and oxygen atoms in total. The monoisotopic (exact) mass is 298 g/mol. The van der Waals surface area contributed by atoms with Gasteiger partial charge in [0.25, 0.3) is 0 Å². The van der Waals surface area contributed by atoms with Crippen LogP contribution in [-0.2, 0) is 0 Å². The van der Waals surface area contributed by atoms with Crippen LogP contribution in [0.3, 0.4) is 0 Å². The van der Waals surface area contributed by atoms with Crippen molar-refractivity contribution in [2.45, 2.75) is 53.5 Å². The number of hydrogen-bond donors (Lipinski definition) is 0. The molecule has 0 N–H and O–H groups in total. The largest absolute Gasteiger partial charge is 0.302 e. The molecule has 3 heteroatoms. The number of nitrogens with zero attached hydrogens (tertiary/aromatic N) is 2. The summed E-state index contributed by atoms with van der Waals surface area (Å²) in [6.07, 6.45) is 5.18. The summed E-state index contributed by atoms with van der Waals surface area (Å²) < 4.78 is 11.7. The Morgan fingerprint density at radius 1 is 1.14 bits per heavy atom. The van der Waals surface area contributed by atoms with Gasteiger partial charge in [0.1, 0.15) is 0 Å². The normalized spacial score (nSPS) is 26.8. The Labute approximate surface area is 131 Å². The van der Waals surface area contributed by atoms with Gasteiger partial charge < -0.3 is 4.90 Å². The van der Waals surface area contributed by atoms with Gasteiger partial charge in [-0.15, -0.1) is 0 Å². The summed E-state index contributed by atoms with van der Waals surface area (Å²) in [4.78, 5) is 4.56. The Bertz CT molecular complexity index is 334. The SMILES string of the molecule is C/C=C1\CC(C(C)C)N(C)C1.CC.CN1CC/C(=C/F)C1. The average molecular weight is 298 g/mol. The van der Waals surface area contributed by atoms with Crippen LogP contribution in [0.1, 0.15) is 47.5 Å². The van der Waals surface area contributed by atoms with Gasteiger partial charge in [-0.1, -0.05) is 39.3 Å². The van der Waals surface area contributed by atoms with Crippen LogP contribution in [-0.4, -0.2) is 49.6 Å². The van der Waals surface area contributed by atoms with Gasteiger partial charge >= 0.3 is 0 Å². The highest BCUT2D eigenvalue weighted by molar-refractivity contribution is 5.11. The molecule has 2 aliphatic rings. The van der Waals surface area contributed by atoms with Crippen LogP contribution in [0.2, 0.25) is 0 Å². The van der Waals surface area contributed by atoms with Gasteiger partial charge in [-0.2, -0.15) is 0 Å². The zero-order valence-electron chi connectivity index (χ0n) is 15.1.